The fourth-order valence-corrected chi connectivity index (χ4v) is 1.60. The number of nitrogens with zero attached hydrogens (tertiary/aromatic N) is 1. The molecule has 1 fully saturated rings. The predicted molar refractivity (Wildman–Crippen MR) is 48.5 cm³/mol. The Balaban J connectivity index is 2.20. The fraction of sp³-hybridized carbons (Fsp3) is 1.00. The summed E-state index contributed by atoms with van der Waals surface area (Å²) >= 11 is 0. The van der Waals surface area contributed by atoms with Gasteiger partial charge in [0.25, 0.3) is 0 Å². The Morgan fingerprint density at radius 1 is 1.42 bits per heavy atom. The lowest BCUT2D eigenvalue weighted by atomic mass is 10.6. The highest BCUT2D eigenvalue weighted by Gasteiger charge is 2.21. The topological polar surface area (TPSA) is 49.4 Å². The molecule has 0 aliphatic heterocycles. The lowest BCUT2D eigenvalue weighted by Crippen LogP contribution is -2.31. The highest BCUT2D eigenvalue weighted by molar-refractivity contribution is 7.89. The molecule has 0 atom stereocenters. The van der Waals surface area contributed by atoms with Crippen LogP contribution < -0.4 is 5.32 Å². The minimum atomic E-state index is -3.00. The Morgan fingerprint density at radius 2 is 2.00 bits per heavy atom. The van der Waals surface area contributed by atoms with Crippen LogP contribution in [-0.2, 0) is 10.0 Å². The first kappa shape index (κ1) is 9.95. The molecule has 0 radical (unpaired) electrons. The van der Waals surface area contributed by atoms with Crippen LogP contribution in [0.3, 0.4) is 0 Å². The molecule has 0 bridgehead atoms. The molecule has 1 saturated carbocycles. The second-order valence-corrected chi connectivity index (χ2v) is 5.63. The van der Waals surface area contributed by atoms with E-state index in [0.29, 0.717) is 12.6 Å². The molecule has 0 spiro atoms. The maximum atomic E-state index is 11.2. The highest BCUT2D eigenvalue weighted by Crippen LogP contribution is 2.18. The zero-order valence-electron chi connectivity index (χ0n) is 7.58. The zero-order chi connectivity index (χ0) is 9.19. The molecule has 0 amide bonds. The van der Waals surface area contributed by atoms with Crippen LogP contribution in [0.2, 0.25) is 0 Å². The summed E-state index contributed by atoms with van der Waals surface area (Å²) in [6.07, 6.45) is 2.39. The lowest BCUT2D eigenvalue weighted by Gasteiger charge is -2.10. The van der Waals surface area contributed by atoms with Crippen molar-refractivity contribution in [1.29, 1.82) is 0 Å². The molecule has 4 nitrogen and oxygen atoms in total. The summed E-state index contributed by atoms with van der Waals surface area (Å²) in [6.45, 7) is 0.575. The fourth-order valence-electron chi connectivity index (χ4n) is 0.862. The Morgan fingerprint density at radius 3 is 2.42 bits per heavy atom. The van der Waals surface area contributed by atoms with Crippen LogP contribution in [0, 0.1) is 0 Å². The largest absolute Gasteiger partial charge is 0.313 e. The number of hydrogen-bond acceptors (Lipinski definition) is 3. The van der Waals surface area contributed by atoms with Crippen molar-refractivity contribution in [3.63, 3.8) is 0 Å². The number of sulfonamides is 1. The molecule has 5 heteroatoms. The molecule has 1 aliphatic rings. The van der Waals surface area contributed by atoms with Crippen molar-refractivity contribution >= 4 is 10.0 Å². The van der Waals surface area contributed by atoms with E-state index < -0.39 is 10.0 Å². The highest BCUT2D eigenvalue weighted by atomic mass is 32.2. The summed E-state index contributed by atoms with van der Waals surface area (Å²) < 4.78 is 23.7. The average Bonchev–Trinajstić information content (AvgIpc) is 2.70. The van der Waals surface area contributed by atoms with E-state index in [2.05, 4.69) is 5.32 Å². The lowest BCUT2D eigenvalue weighted by molar-refractivity contribution is 0.517. The maximum Gasteiger partial charge on any atom is 0.214 e. The Hall–Kier alpha value is -0.130. The van der Waals surface area contributed by atoms with Gasteiger partial charge in [-0.1, -0.05) is 0 Å². The summed E-state index contributed by atoms with van der Waals surface area (Å²) in [5, 5.41) is 3.16. The monoisotopic (exact) mass is 192 g/mol. The van der Waals surface area contributed by atoms with Crippen molar-refractivity contribution in [1.82, 2.24) is 9.62 Å². The van der Waals surface area contributed by atoms with E-state index in [9.17, 15) is 8.42 Å². The zero-order valence-corrected chi connectivity index (χ0v) is 8.39. The second kappa shape index (κ2) is 3.72. The van der Waals surface area contributed by atoms with E-state index in [4.69, 9.17) is 0 Å². The smallest absolute Gasteiger partial charge is 0.214 e. The summed E-state index contributed by atoms with van der Waals surface area (Å²) in [7, 11) is 0.129. The Bertz CT molecular complexity index is 232. The third kappa shape index (κ3) is 3.08. The molecule has 1 aliphatic carbocycles. The van der Waals surface area contributed by atoms with E-state index in [1.807, 2.05) is 0 Å². The first-order valence-corrected chi connectivity index (χ1v) is 5.77. The van der Waals surface area contributed by atoms with E-state index in [1.54, 1.807) is 14.1 Å². The van der Waals surface area contributed by atoms with Crippen LogP contribution in [0.15, 0.2) is 0 Å². The van der Waals surface area contributed by atoms with Crippen molar-refractivity contribution in [2.45, 2.75) is 18.9 Å². The average molecular weight is 192 g/mol. The van der Waals surface area contributed by atoms with Crippen LogP contribution in [0.4, 0.5) is 0 Å². The van der Waals surface area contributed by atoms with Gasteiger partial charge in [0.15, 0.2) is 0 Å². The molecule has 12 heavy (non-hydrogen) atoms. The van der Waals surface area contributed by atoms with Gasteiger partial charge in [-0.15, -0.1) is 0 Å². The van der Waals surface area contributed by atoms with E-state index >= 15 is 0 Å². The Labute approximate surface area is 74.0 Å². The number of rotatable bonds is 5. The first-order chi connectivity index (χ1) is 5.52. The number of nitrogens with one attached hydrogen (secondary N) is 1. The predicted octanol–water partition coefficient (Wildman–Crippen LogP) is -0.370. The minimum Gasteiger partial charge on any atom is -0.313 e. The molecule has 72 valence electrons. The quantitative estimate of drug-likeness (QED) is 0.646. The van der Waals surface area contributed by atoms with Gasteiger partial charge in [-0.05, 0) is 12.8 Å². The van der Waals surface area contributed by atoms with Crippen LogP contribution in [0.1, 0.15) is 12.8 Å². The van der Waals surface area contributed by atoms with Crippen LogP contribution in [0.25, 0.3) is 0 Å². The summed E-state index contributed by atoms with van der Waals surface area (Å²) in [6, 6.07) is 0.586. The van der Waals surface area contributed by atoms with Crippen molar-refractivity contribution in [2.24, 2.45) is 0 Å². The second-order valence-electron chi connectivity index (χ2n) is 3.33. The van der Waals surface area contributed by atoms with Crippen LogP contribution in [-0.4, -0.2) is 45.2 Å². The van der Waals surface area contributed by atoms with Gasteiger partial charge in [0.2, 0.25) is 10.0 Å². The van der Waals surface area contributed by atoms with Crippen molar-refractivity contribution < 1.29 is 8.42 Å². The molecular formula is C7H16N2O2S. The van der Waals surface area contributed by atoms with Gasteiger partial charge in [-0.3, -0.25) is 0 Å². The van der Waals surface area contributed by atoms with Gasteiger partial charge in [0.05, 0.1) is 5.75 Å². The van der Waals surface area contributed by atoms with E-state index in [-0.39, 0.29) is 5.75 Å². The van der Waals surface area contributed by atoms with E-state index in [0.717, 1.165) is 0 Å². The van der Waals surface area contributed by atoms with Gasteiger partial charge in [-0.25, -0.2) is 12.7 Å². The van der Waals surface area contributed by atoms with Crippen molar-refractivity contribution in [3.05, 3.63) is 0 Å². The van der Waals surface area contributed by atoms with Gasteiger partial charge in [-0.2, -0.15) is 0 Å². The van der Waals surface area contributed by atoms with Gasteiger partial charge < -0.3 is 5.32 Å². The van der Waals surface area contributed by atoms with Gasteiger partial charge >= 0.3 is 0 Å². The molecule has 1 rings (SSSR count). The van der Waals surface area contributed by atoms with E-state index in [1.165, 1.54) is 17.1 Å². The molecule has 0 aromatic carbocycles. The van der Waals surface area contributed by atoms with Crippen molar-refractivity contribution in [2.75, 3.05) is 26.4 Å². The molecule has 0 aromatic heterocycles. The third-order valence-electron chi connectivity index (χ3n) is 1.93. The minimum absolute atomic E-state index is 0.205. The molecule has 1 N–H and O–H groups in total. The van der Waals surface area contributed by atoms with Crippen LogP contribution >= 0.6 is 0 Å². The maximum absolute atomic E-state index is 11.2. The molecule has 0 aromatic rings. The first-order valence-electron chi connectivity index (χ1n) is 4.16. The third-order valence-corrected chi connectivity index (χ3v) is 3.76. The molecule has 0 heterocycles. The number of hydrogen-bond donors (Lipinski definition) is 1. The van der Waals surface area contributed by atoms with Crippen LogP contribution in [0.5, 0.6) is 0 Å². The van der Waals surface area contributed by atoms with Gasteiger partial charge in [0, 0.05) is 26.7 Å². The van der Waals surface area contributed by atoms with Crippen molar-refractivity contribution in [3.8, 4) is 0 Å². The SMILES string of the molecule is CN(C)S(=O)(=O)CCNC1CC1. The standard InChI is InChI=1S/C7H16N2O2S/c1-9(2)12(10,11)6-5-8-7-3-4-7/h7-8H,3-6H2,1-2H3. The normalized spacial score (nSPS) is 18.6. The summed E-state index contributed by atoms with van der Waals surface area (Å²) in [4.78, 5) is 0. The van der Waals surface area contributed by atoms with Gasteiger partial charge in [0.1, 0.15) is 0 Å². The summed E-state index contributed by atoms with van der Waals surface area (Å²) in [5.41, 5.74) is 0. The molecule has 0 unspecified atom stereocenters. The molecule has 0 saturated heterocycles. The summed E-state index contributed by atoms with van der Waals surface area (Å²) in [5.74, 6) is 0.205. The Kier molecular flexibility index (Phi) is 3.09. The molecular weight excluding hydrogens is 176 g/mol.